The van der Waals surface area contributed by atoms with Crippen molar-refractivity contribution in [2.75, 3.05) is 11.5 Å². The van der Waals surface area contributed by atoms with Gasteiger partial charge in [0.25, 0.3) is 0 Å². The second-order valence-corrected chi connectivity index (χ2v) is 10.7. The lowest BCUT2D eigenvalue weighted by atomic mass is 10.2. The molecular weight excluding hydrogens is 314 g/mol. The van der Waals surface area contributed by atoms with Crippen LogP contribution in [-0.4, -0.2) is 32.9 Å². The summed E-state index contributed by atoms with van der Waals surface area (Å²) in [6.07, 6.45) is 0.528. The molecule has 3 heterocycles. The summed E-state index contributed by atoms with van der Waals surface area (Å²) in [6, 6.07) is -0.184. The first-order valence-electron chi connectivity index (χ1n) is 5.41. The summed E-state index contributed by atoms with van der Waals surface area (Å²) in [7, 11) is -6.06. The van der Waals surface area contributed by atoms with Crippen LogP contribution in [0.4, 0.5) is 0 Å². The van der Waals surface area contributed by atoms with E-state index in [0.29, 0.717) is 16.1 Å². The second kappa shape index (κ2) is 3.87. The van der Waals surface area contributed by atoms with Gasteiger partial charge in [0.1, 0.15) is 0 Å². The van der Waals surface area contributed by atoms with Crippen LogP contribution in [0.25, 0.3) is 0 Å². The van der Waals surface area contributed by atoms with E-state index in [9.17, 15) is 16.8 Å². The van der Waals surface area contributed by atoms with Gasteiger partial charge in [-0.2, -0.15) is 0 Å². The molecule has 0 unspecified atom stereocenters. The molecule has 1 atom stereocenters. The number of rotatable bonds is 1. The quantitative estimate of drug-likeness (QED) is 0.722. The Kier molecular flexibility index (Phi) is 2.75. The fourth-order valence-corrected chi connectivity index (χ4v) is 7.91. The highest BCUT2D eigenvalue weighted by molar-refractivity contribution is 7.91. The Morgan fingerprint density at radius 3 is 2.50 bits per heavy atom. The lowest BCUT2D eigenvalue weighted by Gasteiger charge is -2.12. The molecule has 18 heavy (non-hydrogen) atoms. The Morgan fingerprint density at radius 1 is 1.17 bits per heavy atom. The fraction of sp³-hybridized carbons (Fsp3) is 0.667. The first kappa shape index (κ1) is 12.8. The number of thiazole rings is 1. The summed E-state index contributed by atoms with van der Waals surface area (Å²) in [5.41, 5.74) is 0.715. The van der Waals surface area contributed by atoms with Gasteiger partial charge in [-0.3, -0.25) is 0 Å². The molecule has 0 bridgehead atoms. The van der Waals surface area contributed by atoms with Crippen LogP contribution in [0.5, 0.6) is 0 Å². The zero-order chi connectivity index (χ0) is 13.1. The van der Waals surface area contributed by atoms with E-state index in [1.165, 1.54) is 11.3 Å². The molecule has 2 aliphatic heterocycles. The lowest BCUT2D eigenvalue weighted by molar-refractivity contribution is 0.540. The number of aromatic nitrogens is 1. The van der Waals surface area contributed by atoms with Gasteiger partial charge < -0.3 is 4.57 Å². The van der Waals surface area contributed by atoms with Crippen LogP contribution >= 0.6 is 23.6 Å². The third-order valence-electron chi connectivity index (χ3n) is 3.30. The summed E-state index contributed by atoms with van der Waals surface area (Å²) in [5.74, 6) is 0.274. The molecule has 5 nitrogen and oxygen atoms in total. The zero-order valence-electron chi connectivity index (χ0n) is 9.33. The molecule has 0 aromatic carbocycles. The number of hydrogen-bond acceptors (Lipinski definition) is 6. The average molecular weight is 325 g/mol. The molecule has 2 aliphatic rings. The molecule has 0 N–H and O–H groups in total. The number of fused-ring (bicyclic) bond motifs is 1. The minimum atomic E-state index is -3.07. The van der Waals surface area contributed by atoms with E-state index in [1.54, 1.807) is 4.57 Å². The largest absolute Gasteiger partial charge is 0.322 e. The van der Waals surface area contributed by atoms with Gasteiger partial charge >= 0.3 is 0 Å². The fourth-order valence-electron chi connectivity index (χ4n) is 2.53. The summed E-state index contributed by atoms with van der Waals surface area (Å²) in [4.78, 5) is 0.782. The Balaban J connectivity index is 2.08. The Hall–Kier alpha value is -0.250. The van der Waals surface area contributed by atoms with Crippen molar-refractivity contribution in [3.63, 3.8) is 0 Å². The van der Waals surface area contributed by atoms with Crippen molar-refractivity contribution in [3.05, 3.63) is 14.5 Å². The molecule has 1 aromatic heterocycles. The molecule has 1 aromatic rings. The normalized spacial score (nSPS) is 28.3. The van der Waals surface area contributed by atoms with Crippen molar-refractivity contribution in [2.24, 2.45) is 0 Å². The number of nitrogens with zero attached hydrogens (tertiary/aromatic N) is 1. The molecule has 9 heteroatoms. The molecule has 1 fully saturated rings. The summed E-state index contributed by atoms with van der Waals surface area (Å²) in [5, 5.41) is 0. The lowest BCUT2D eigenvalue weighted by Crippen LogP contribution is -2.14. The average Bonchev–Trinajstić information content (AvgIpc) is 2.75. The van der Waals surface area contributed by atoms with E-state index >= 15 is 0 Å². The number of hydrogen-bond donors (Lipinski definition) is 0. The first-order valence-corrected chi connectivity index (χ1v) is 10.3. The van der Waals surface area contributed by atoms with E-state index in [2.05, 4.69) is 0 Å². The van der Waals surface area contributed by atoms with E-state index in [0.717, 1.165) is 4.88 Å². The molecule has 0 amide bonds. The second-order valence-electron chi connectivity index (χ2n) is 4.70. The maximum Gasteiger partial charge on any atom is 0.161 e. The molecular formula is C9H11NO4S4. The SMILES string of the molecule is O=S1(=O)Cc2sc(=S)n([C@H]3CCS(=O)(=O)C3)c2C1. The molecule has 0 aliphatic carbocycles. The standard InChI is InChI=1S/C9H11NO4S4/c11-17(12)2-1-6(3-17)10-7-4-18(13,14)5-8(7)16-9(10)15/h6H,1-5H2/t6-/m0/s1. The molecule has 0 saturated carbocycles. The zero-order valence-corrected chi connectivity index (χ0v) is 12.6. The minimum absolute atomic E-state index is 0.00792. The van der Waals surface area contributed by atoms with E-state index < -0.39 is 19.7 Å². The van der Waals surface area contributed by atoms with Crippen molar-refractivity contribution in [1.29, 1.82) is 0 Å². The maximum absolute atomic E-state index is 11.6. The van der Waals surface area contributed by atoms with Crippen LogP contribution in [0.1, 0.15) is 23.0 Å². The van der Waals surface area contributed by atoms with Crippen molar-refractivity contribution < 1.29 is 16.8 Å². The van der Waals surface area contributed by atoms with Crippen LogP contribution < -0.4 is 0 Å². The molecule has 3 rings (SSSR count). The van der Waals surface area contributed by atoms with Crippen LogP contribution in [0.15, 0.2) is 0 Å². The van der Waals surface area contributed by atoms with E-state index in [4.69, 9.17) is 12.2 Å². The van der Waals surface area contributed by atoms with Crippen LogP contribution in [0.2, 0.25) is 0 Å². The monoisotopic (exact) mass is 325 g/mol. The third-order valence-corrected chi connectivity index (χ3v) is 8.12. The van der Waals surface area contributed by atoms with Crippen molar-refractivity contribution >= 4 is 43.2 Å². The highest BCUT2D eigenvalue weighted by Gasteiger charge is 2.36. The Labute approximate surface area is 114 Å². The van der Waals surface area contributed by atoms with Gasteiger partial charge in [0.2, 0.25) is 0 Å². The van der Waals surface area contributed by atoms with Crippen molar-refractivity contribution in [1.82, 2.24) is 4.57 Å². The van der Waals surface area contributed by atoms with Crippen LogP contribution in [0.3, 0.4) is 0 Å². The molecule has 0 spiro atoms. The highest BCUT2D eigenvalue weighted by atomic mass is 32.2. The van der Waals surface area contributed by atoms with Gasteiger partial charge in [0, 0.05) is 10.6 Å². The smallest absolute Gasteiger partial charge is 0.161 e. The number of sulfone groups is 2. The van der Waals surface area contributed by atoms with Crippen molar-refractivity contribution in [2.45, 2.75) is 24.0 Å². The topological polar surface area (TPSA) is 73.2 Å². The van der Waals surface area contributed by atoms with Gasteiger partial charge in [-0.15, -0.1) is 11.3 Å². The molecule has 0 radical (unpaired) electrons. The third kappa shape index (κ3) is 2.06. The van der Waals surface area contributed by atoms with Gasteiger partial charge in [0.05, 0.1) is 29.1 Å². The van der Waals surface area contributed by atoms with Crippen molar-refractivity contribution in [3.8, 4) is 0 Å². The predicted octanol–water partition coefficient (Wildman–Crippen LogP) is 1.07. The Morgan fingerprint density at radius 2 is 1.89 bits per heavy atom. The van der Waals surface area contributed by atoms with Gasteiger partial charge in [0.15, 0.2) is 23.6 Å². The van der Waals surface area contributed by atoms with Gasteiger partial charge in [-0.05, 0) is 18.6 Å². The predicted molar refractivity (Wildman–Crippen MR) is 71.8 cm³/mol. The van der Waals surface area contributed by atoms with E-state index in [1.807, 2.05) is 0 Å². The van der Waals surface area contributed by atoms with E-state index in [-0.39, 0.29) is 29.1 Å². The minimum Gasteiger partial charge on any atom is -0.322 e. The van der Waals surface area contributed by atoms with Crippen LogP contribution in [0, 0.1) is 3.95 Å². The first-order chi connectivity index (χ1) is 8.27. The molecule has 100 valence electrons. The van der Waals surface area contributed by atoms with Gasteiger partial charge in [-0.25, -0.2) is 16.8 Å². The highest BCUT2D eigenvalue weighted by Crippen LogP contribution is 2.36. The summed E-state index contributed by atoms with van der Waals surface area (Å²) in [6.45, 7) is 0. The summed E-state index contributed by atoms with van der Waals surface area (Å²) < 4.78 is 48.6. The maximum atomic E-state index is 11.6. The molecule has 1 saturated heterocycles. The van der Waals surface area contributed by atoms with Crippen LogP contribution in [-0.2, 0) is 31.2 Å². The van der Waals surface area contributed by atoms with Gasteiger partial charge in [-0.1, -0.05) is 0 Å². The Bertz CT molecular complexity index is 768. The summed E-state index contributed by atoms with van der Waals surface area (Å²) >= 11 is 6.54.